The van der Waals surface area contributed by atoms with Crippen LogP contribution in [0.3, 0.4) is 0 Å². The van der Waals surface area contributed by atoms with E-state index in [9.17, 15) is 9.90 Å². The lowest BCUT2D eigenvalue weighted by Gasteiger charge is -2.38. The molecule has 6 nitrogen and oxygen atoms in total. The number of aryl methyl sites for hydroxylation is 1. The van der Waals surface area contributed by atoms with Crippen LogP contribution in [0, 0.1) is 0 Å². The summed E-state index contributed by atoms with van der Waals surface area (Å²) in [6, 6.07) is 8.41. The Balaban J connectivity index is 1.59. The zero-order valence-corrected chi connectivity index (χ0v) is 17.2. The van der Waals surface area contributed by atoms with Crippen molar-refractivity contribution in [1.29, 1.82) is 0 Å². The Morgan fingerprint density at radius 2 is 2.04 bits per heavy atom. The Hall–Kier alpha value is -2.18. The van der Waals surface area contributed by atoms with Gasteiger partial charge in [0.15, 0.2) is 5.60 Å². The minimum atomic E-state index is -1.35. The van der Waals surface area contributed by atoms with E-state index < -0.39 is 5.60 Å². The van der Waals surface area contributed by atoms with E-state index in [1.165, 1.54) is 5.56 Å². The van der Waals surface area contributed by atoms with Gasteiger partial charge in [-0.2, -0.15) is 0 Å². The molecule has 1 aliphatic heterocycles. The molecule has 0 radical (unpaired) electrons. The van der Waals surface area contributed by atoms with Gasteiger partial charge in [0, 0.05) is 38.6 Å². The Morgan fingerprint density at radius 1 is 1.29 bits per heavy atom. The number of benzene rings is 1. The number of likely N-dealkylation sites (tertiary alicyclic amines) is 1. The van der Waals surface area contributed by atoms with Crippen LogP contribution in [0.25, 0.3) is 0 Å². The number of nitrogens with one attached hydrogen (secondary N) is 1. The highest BCUT2D eigenvalue weighted by Crippen LogP contribution is 2.24. The first kappa shape index (κ1) is 20.6. The molecule has 0 unspecified atom stereocenters. The number of hydrogen-bond acceptors (Lipinski definition) is 4. The topological polar surface area (TPSA) is 70.4 Å². The normalized spacial score (nSPS) is 20.2. The SMILES string of the molecule is CCn1ccnc1CNC[C@@]1(O)CCCN(Cc2ccc(C(C)C)cc2)C1=O. The maximum atomic E-state index is 13.0. The smallest absolute Gasteiger partial charge is 0.256 e. The van der Waals surface area contributed by atoms with Gasteiger partial charge in [-0.25, -0.2) is 4.98 Å². The summed E-state index contributed by atoms with van der Waals surface area (Å²) in [4.78, 5) is 19.1. The van der Waals surface area contributed by atoms with Crippen molar-refractivity contribution >= 4 is 5.91 Å². The number of hydrogen-bond donors (Lipinski definition) is 2. The van der Waals surface area contributed by atoms with Crippen molar-refractivity contribution in [2.45, 2.75) is 64.8 Å². The van der Waals surface area contributed by atoms with Gasteiger partial charge in [-0.3, -0.25) is 4.79 Å². The average Bonchev–Trinajstić information content (AvgIpc) is 3.13. The van der Waals surface area contributed by atoms with Gasteiger partial charge in [0.05, 0.1) is 6.54 Å². The van der Waals surface area contributed by atoms with Gasteiger partial charge in [0.1, 0.15) is 5.82 Å². The minimum Gasteiger partial charge on any atom is -0.379 e. The van der Waals surface area contributed by atoms with E-state index in [0.29, 0.717) is 32.0 Å². The van der Waals surface area contributed by atoms with Crippen molar-refractivity contribution in [3.63, 3.8) is 0 Å². The van der Waals surface area contributed by atoms with E-state index in [4.69, 9.17) is 0 Å². The zero-order valence-electron chi connectivity index (χ0n) is 17.2. The molecule has 1 saturated heterocycles. The molecule has 1 fully saturated rings. The fourth-order valence-electron chi connectivity index (χ4n) is 3.78. The average molecular weight is 385 g/mol. The molecular formula is C22H32N4O2. The molecule has 0 spiro atoms. The van der Waals surface area contributed by atoms with Gasteiger partial charge in [0.25, 0.3) is 5.91 Å². The van der Waals surface area contributed by atoms with Crippen LogP contribution in [0.15, 0.2) is 36.7 Å². The lowest BCUT2D eigenvalue weighted by Crippen LogP contribution is -2.57. The quantitative estimate of drug-likeness (QED) is 0.734. The van der Waals surface area contributed by atoms with Crippen LogP contribution in [-0.4, -0.2) is 44.2 Å². The highest BCUT2D eigenvalue weighted by atomic mass is 16.3. The largest absolute Gasteiger partial charge is 0.379 e. The number of piperidine rings is 1. The third-order valence-corrected chi connectivity index (χ3v) is 5.57. The molecule has 0 saturated carbocycles. The monoisotopic (exact) mass is 384 g/mol. The summed E-state index contributed by atoms with van der Waals surface area (Å²) in [5, 5.41) is 14.2. The van der Waals surface area contributed by atoms with Crippen molar-refractivity contribution < 1.29 is 9.90 Å². The lowest BCUT2D eigenvalue weighted by molar-refractivity contribution is -0.157. The van der Waals surface area contributed by atoms with Crippen LogP contribution < -0.4 is 5.32 Å². The third-order valence-electron chi connectivity index (χ3n) is 5.57. The Bertz CT molecular complexity index is 784. The van der Waals surface area contributed by atoms with E-state index in [1.807, 2.05) is 10.8 Å². The number of aliphatic hydroxyl groups is 1. The van der Waals surface area contributed by atoms with Crippen molar-refractivity contribution in [3.05, 3.63) is 53.6 Å². The molecule has 2 heterocycles. The molecule has 0 aliphatic carbocycles. The highest BCUT2D eigenvalue weighted by molar-refractivity contribution is 5.86. The molecule has 2 aromatic rings. The van der Waals surface area contributed by atoms with Crippen LogP contribution in [0.1, 0.15) is 56.5 Å². The number of imidazole rings is 1. The van der Waals surface area contributed by atoms with Gasteiger partial charge in [0.2, 0.25) is 0 Å². The third kappa shape index (κ3) is 4.62. The van der Waals surface area contributed by atoms with E-state index >= 15 is 0 Å². The van der Waals surface area contributed by atoms with Gasteiger partial charge >= 0.3 is 0 Å². The fraction of sp³-hybridized carbons (Fsp3) is 0.545. The lowest BCUT2D eigenvalue weighted by atomic mass is 9.91. The van der Waals surface area contributed by atoms with Gasteiger partial charge < -0.3 is 19.9 Å². The number of amides is 1. The van der Waals surface area contributed by atoms with E-state index in [-0.39, 0.29) is 12.5 Å². The summed E-state index contributed by atoms with van der Waals surface area (Å²) in [5.74, 6) is 1.22. The Kier molecular flexibility index (Phi) is 6.52. The Labute approximate surface area is 167 Å². The Morgan fingerprint density at radius 3 is 2.71 bits per heavy atom. The van der Waals surface area contributed by atoms with Crippen LogP contribution in [-0.2, 0) is 24.4 Å². The van der Waals surface area contributed by atoms with E-state index in [0.717, 1.165) is 24.4 Å². The number of carbonyl (C=O) groups excluding carboxylic acids is 1. The summed E-state index contributed by atoms with van der Waals surface area (Å²) in [6.07, 6.45) is 5.00. The second kappa shape index (κ2) is 8.88. The van der Waals surface area contributed by atoms with Gasteiger partial charge in [-0.15, -0.1) is 0 Å². The van der Waals surface area contributed by atoms with Crippen molar-refractivity contribution in [3.8, 4) is 0 Å². The molecule has 152 valence electrons. The standard InChI is InChI=1S/C22H32N4O2/c1-4-25-13-11-24-20(25)14-23-16-22(28)10-5-12-26(21(22)27)15-18-6-8-19(9-7-18)17(2)3/h6-9,11,13,17,23,28H,4-5,10,12,14-16H2,1-3H3/t22-/m0/s1. The summed E-state index contributed by atoms with van der Waals surface area (Å²) < 4.78 is 2.05. The predicted octanol–water partition coefficient (Wildman–Crippen LogP) is 2.67. The molecular weight excluding hydrogens is 352 g/mol. The number of aromatic nitrogens is 2. The van der Waals surface area contributed by atoms with Crippen molar-refractivity contribution in [2.24, 2.45) is 0 Å². The summed E-state index contributed by atoms with van der Waals surface area (Å²) in [6.45, 7) is 9.26. The van der Waals surface area contributed by atoms with Crippen LogP contribution in [0.5, 0.6) is 0 Å². The number of nitrogens with zero attached hydrogens (tertiary/aromatic N) is 3. The summed E-state index contributed by atoms with van der Waals surface area (Å²) in [7, 11) is 0. The molecule has 0 bridgehead atoms. The number of rotatable bonds is 8. The molecule has 1 amide bonds. The number of carbonyl (C=O) groups is 1. The molecule has 1 aliphatic rings. The first-order valence-electron chi connectivity index (χ1n) is 10.2. The fourth-order valence-corrected chi connectivity index (χ4v) is 3.78. The second-order valence-corrected chi connectivity index (χ2v) is 7.99. The van der Waals surface area contributed by atoms with Crippen molar-refractivity contribution in [1.82, 2.24) is 19.8 Å². The zero-order chi connectivity index (χ0) is 20.1. The van der Waals surface area contributed by atoms with Gasteiger partial charge in [-0.1, -0.05) is 38.1 Å². The molecule has 2 N–H and O–H groups in total. The molecule has 1 aromatic heterocycles. The highest BCUT2D eigenvalue weighted by Gasteiger charge is 2.41. The first-order valence-corrected chi connectivity index (χ1v) is 10.2. The van der Waals surface area contributed by atoms with E-state index in [2.05, 4.69) is 55.3 Å². The molecule has 3 rings (SSSR count). The van der Waals surface area contributed by atoms with Crippen molar-refractivity contribution in [2.75, 3.05) is 13.1 Å². The molecule has 1 aromatic carbocycles. The van der Waals surface area contributed by atoms with Crippen LogP contribution >= 0.6 is 0 Å². The first-order chi connectivity index (χ1) is 13.4. The maximum Gasteiger partial charge on any atom is 0.256 e. The molecule has 28 heavy (non-hydrogen) atoms. The summed E-state index contributed by atoms with van der Waals surface area (Å²) >= 11 is 0. The van der Waals surface area contributed by atoms with E-state index in [1.54, 1.807) is 11.1 Å². The van der Waals surface area contributed by atoms with Crippen LogP contribution in [0.2, 0.25) is 0 Å². The van der Waals surface area contributed by atoms with Gasteiger partial charge in [-0.05, 0) is 36.8 Å². The molecule has 6 heteroatoms. The second-order valence-electron chi connectivity index (χ2n) is 7.99. The minimum absolute atomic E-state index is 0.182. The summed E-state index contributed by atoms with van der Waals surface area (Å²) in [5.41, 5.74) is 1.04. The predicted molar refractivity (Wildman–Crippen MR) is 110 cm³/mol. The maximum absolute atomic E-state index is 13.0. The molecule has 1 atom stereocenters. The van der Waals surface area contributed by atoms with Crippen LogP contribution in [0.4, 0.5) is 0 Å².